The molecular weight excluding hydrogens is 236 g/mol. The van der Waals surface area contributed by atoms with Crippen molar-refractivity contribution in [1.29, 1.82) is 0 Å². The van der Waals surface area contributed by atoms with Gasteiger partial charge < -0.3 is 9.84 Å². The van der Waals surface area contributed by atoms with Crippen LogP contribution in [0.1, 0.15) is 63.0 Å². The van der Waals surface area contributed by atoms with E-state index in [9.17, 15) is 5.11 Å². The van der Waals surface area contributed by atoms with Gasteiger partial charge in [0.1, 0.15) is 5.75 Å². The lowest BCUT2D eigenvalue weighted by Gasteiger charge is -2.10. The molecule has 0 bridgehead atoms. The molecule has 0 aromatic heterocycles. The second kappa shape index (κ2) is 9.85. The van der Waals surface area contributed by atoms with Crippen molar-refractivity contribution in [2.75, 3.05) is 6.61 Å². The number of aliphatic hydroxyl groups excluding tert-OH is 1. The van der Waals surface area contributed by atoms with E-state index in [1.807, 2.05) is 25.1 Å². The van der Waals surface area contributed by atoms with Gasteiger partial charge in [-0.2, -0.15) is 0 Å². The number of benzene rings is 1. The SMILES string of the molecule is CCCCCCCCCOc1ccc(C)cc1CO. The lowest BCUT2D eigenvalue weighted by molar-refractivity contribution is 0.259. The van der Waals surface area contributed by atoms with Crippen molar-refractivity contribution >= 4 is 0 Å². The molecule has 0 heterocycles. The number of aliphatic hydroxyl groups is 1. The Balaban J connectivity index is 2.15. The Morgan fingerprint density at radius 3 is 2.37 bits per heavy atom. The highest BCUT2D eigenvalue weighted by Gasteiger charge is 2.02. The van der Waals surface area contributed by atoms with Gasteiger partial charge in [0.2, 0.25) is 0 Å². The van der Waals surface area contributed by atoms with Gasteiger partial charge in [-0.1, -0.05) is 63.1 Å². The van der Waals surface area contributed by atoms with Crippen LogP contribution in [-0.2, 0) is 6.61 Å². The zero-order valence-electron chi connectivity index (χ0n) is 12.5. The van der Waals surface area contributed by atoms with Crippen LogP contribution in [0.5, 0.6) is 5.75 Å². The second-order valence-corrected chi connectivity index (χ2v) is 5.24. The molecule has 19 heavy (non-hydrogen) atoms. The summed E-state index contributed by atoms with van der Waals surface area (Å²) in [4.78, 5) is 0. The van der Waals surface area contributed by atoms with Gasteiger partial charge >= 0.3 is 0 Å². The number of aryl methyl sites for hydroxylation is 1. The third-order valence-corrected chi connectivity index (χ3v) is 3.39. The van der Waals surface area contributed by atoms with Crippen LogP contribution in [0.25, 0.3) is 0 Å². The molecule has 2 heteroatoms. The first-order valence-corrected chi connectivity index (χ1v) is 7.61. The Labute approximate surface area is 117 Å². The van der Waals surface area contributed by atoms with Crippen LogP contribution in [0.2, 0.25) is 0 Å². The summed E-state index contributed by atoms with van der Waals surface area (Å²) in [6.45, 7) is 5.07. The summed E-state index contributed by atoms with van der Waals surface area (Å²) in [7, 11) is 0. The molecule has 0 saturated carbocycles. The van der Waals surface area contributed by atoms with Gasteiger partial charge in [-0.05, 0) is 19.4 Å². The van der Waals surface area contributed by atoms with Gasteiger partial charge in [0.15, 0.2) is 0 Å². The molecule has 0 aliphatic rings. The Morgan fingerprint density at radius 2 is 1.68 bits per heavy atom. The van der Waals surface area contributed by atoms with Gasteiger partial charge in [0.05, 0.1) is 13.2 Å². The minimum atomic E-state index is 0.0496. The van der Waals surface area contributed by atoms with Gasteiger partial charge in [-0.25, -0.2) is 0 Å². The van der Waals surface area contributed by atoms with E-state index < -0.39 is 0 Å². The normalized spacial score (nSPS) is 10.7. The highest BCUT2D eigenvalue weighted by molar-refractivity contribution is 5.36. The molecule has 0 atom stereocenters. The average Bonchev–Trinajstić information content (AvgIpc) is 2.43. The van der Waals surface area contributed by atoms with Crippen molar-refractivity contribution in [1.82, 2.24) is 0 Å². The molecule has 0 radical (unpaired) electrons. The molecule has 1 N–H and O–H groups in total. The molecule has 0 amide bonds. The topological polar surface area (TPSA) is 29.5 Å². The van der Waals surface area contributed by atoms with Gasteiger partial charge in [-0.3, -0.25) is 0 Å². The third kappa shape index (κ3) is 6.63. The minimum absolute atomic E-state index is 0.0496. The Morgan fingerprint density at radius 1 is 1.00 bits per heavy atom. The van der Waals surface area contributed by atoms with E-state index in [1.165, 1.54) is 38.5 Å². The Kier molecular flexibility index (Phi) is 8.31. The van der Waals surface area contributed by atoms with Crippen LogP contribution in [0.4, 0.5) is 0 Å². The van der Waals surface area contributed by atoms with Crippen molar-refractivity contribution in [3.05, 3.63) is 29.3 Å². The van der Waals surface area contributed by atoms with Crippen LogP contribution < -0.4 is 4.74 Å². The molecule has 0 aliphatic carbocycles. The van der Waals surface area contributed by atoms with E-state index in [0.29, 0.717) is 0 Å². The quantitative estimate of drug-likeness (QED) is 0.625. The van der Waals surface area contributed by atoms with Crippen molar-refractivity contribution in [2.45, 2.75) is 65.4 Å². The molecule has 0 saturated heterocycles. The summed E-state index contributed by atoms with van der Waals surface area (Å²) in [6.07, 6.45) is 9.03. The number of hydrogen-bond donors (Lipinski definition) is 1. The maximum absolute atomic E-state index is 9.29. The molecule has 108 valence electrons. The fourth-order valence-electron chi connectivity index (χ4n) is 2.21. The van der Waals surface area contributed by atoms with E-state index in [-0.39, 0.29) is 6.61 Å². The lowest BCUT2D eigenvalue weighted by Crippen LogP contribution is -2.00. The highest BCUT2D eigenvalue weighted by atomic mass is 16.5. The molecule has 1 aromatic rings. The maximum Gasteiger partial charge on any atom is 0.124 e. The molecule has 1 aromatic carbocycles. The van der Waals surface area contributed by atoms with Gasteiger partial charge in [0, 0.05) is 5.56 Å². The summed E-state index contributed by atoms with van der Waals surface area (Å²) in [6, 6.07) is 5.97. The largest absolute Gasteiger partial charge is 0.493 e. The van der Waals surface area contributed by atoms with Gasteiger partial charge in [0.25, 0.3) is 0 Å². The number of ether oxygens (including phenoxy) is 1. The van der Waals surface area contributed by atoms with E-state index in [2.05, 4.69) is 6.92 Å². The summed E-state index contributed by atoms with van der Waals surface area (Å²) < 4.78 is 5.75. The van der Waals surface area contributed by atoms with Crippen LogP contribution in [-0.4, -0.2) is 11.7 Å². The van der Waals surface area contributed by atoms with E-state index in [4.69, 9.17) is 4.74 Å². The fourth-order valence-corrected chi connectivity index (χ4v) is 2.21. The van der Waals surface area contributed by atoms with Crippen molar-refractivity contribution in [3.8, 4) is 5.75 Å². The van der Waals surface area contributed by atoms with Crippen molar-refractivity contribution in [3.63, 3.8) is 0 Å². The number of unbranched alkanes of at least 4 members (excludes halogenated alkanes) is 6. The monoisotopic (exact) mass is 264 g/mol. The summed E-state index contributed by atoms with van der Waals surface area (Å²) in [5.41, 5.74) is 2.05. The Hall–Kier alpha value is -1.02. The summed E-state index contributed by atoms with van der Waals surface area (Å²) >= 11 is 0. The number of rotatable bonds is 10. The zero-order chi connectivity index (χ0) is 13.9. The standard InChI is InChI=1S/C17H28O2/c1-3-4-5-6-7-8-9-12-19-17-11-10-15(2)13-16(17)14-18/h10-11,13,18H,3-9,12,14H2,1-2H3. The zero-order valence-corrected chi connectivity index (χ0v) is 12.5. The van der Waals surface area contributed by atoms with E-state index in [1.54, 1.807) is 0 Å². The van der Waals surface area contributed by atoms with Crippen molar-refractivity contribution in [2.24, 2.45) is 0 Å². The van der Waals surface area contributed by atoms with Gasteiger partial charge in [-0.15, -0.1) is 0 Å². The second-order valence-electron chi connectivity index (χ2n) is 5.24. The highest BCUT2D eigenvalue weighted by Crippen LogP contribution is 2.20. The van der Waals surface area contributed by atoms with E-state index >= 15 is 0 Å². The minimum Gasteiger partial charge on any atom is -0.493 e. The first-order valence-electron chi connectivity index (χ1n) is 7.61. The molecule has 0 fully saturated rings. The van der Waals surface area contributed by atoms with Crippen molar-refractivity contribution < 1.29 is 9.84 Å². The molecule has 0 spiro atoms. The molecule has 2 nitrogen and oxygen atoms in total. The predicted molar refractivity (Wildman–Crippen MR) is 80.6 cm³/mol. The molecular formula is C17H28O2. The maximum atomic E-state index is 9.29. The summed E-state index contributed by atoms with van der Waals surface area (Å²) in [5.74, 6) is 0.832. The Bertz CT molecular complexity index is 347. The smallest absolute Gasteiger partial charge is 0.124 e. The van der Waals surface area contributed by atoms with Crippen LogP contribution in [0.3, 0.4) is 0 Å². The van der Waals surface area contributed by atoms with E-state index in [0.717, 1.165) is 29.9 Å². The molecule has 1 rings (SSSR count). The number of hydrogen-bond acceptors (Lipinski definition) is 2. The average molecular weight is 264 g/mol. The molecule has 0 aliphatic heterocycles. The first kappa shape index (κ1) is 16.0. The summed E-state index contributed by atoms with van der Waals surface area (Å²) in [5, 5.41) is 9.29. The van der Waals surface area contributed by atoms with Crippen LogP contribution >= 0.6 is 0 Å². The third-order valence-electron chi connectivity index (χ3n) is 3.39. The predicted octanol–water partition coefficient (Wildman–Crippen LogP) is 4.62. The lowest BCUT2D eigenvalue weighted by atomic mass is 10.1. The van der Waals surface area contributed by atoms with Crippen LogP contribution in [0, 0.1) is 6.92 Å². The molecule has 0 unspecified atom stereocenters. The van der Waals surface area contributed by atoms with Crippen LogP contribution in [0.15, 0.2) is 18.2 Å². The first-order chi connectivity index (χ1) is 9.27. The fraction of sp³-hybridized carbons (Fsp3) is 0.647.